The third-order valence-electron chi connectivity index (χ3n) is 5.61. The number of hydrogen-bond acceptors (Lipinski definition) is 5. The third kappa shape index (κ3) is 4.97. The molecule has 1 saturated heterocycles. The summed E-state index contributed by atoms with van der Waals surface area (Å²) in [6.07, 6.45) is 6.96. The quantitative estimate of drug-likeness (QED) is 0.572. The van der Waals surface area contributed by atoms with E-state index >= 15 is 0 Å². The molecule has 8 heteroatoms. The maximum Gasteiger partial charge on any atom is 0.254 e. The topological polar surface area (TPSA) is 71.0 Å². The van der Waals surface area contributed by atoms with Crippen molar-refractivity contribution in [2.45, 2.75) is 25.8 Å². The normalized spacial score (nSPS) is 18.6. The predicted molar refractivity (Wildman–Crippen MR) is 123 cm³/mol. The highest BCUT2D eigenvalue weighted by molar-refractivity contribution is 6.31. The third-order valence-corrected chi connectivity index (χ3v) is 6.07. The minimum absolute atomic E-state index is 0.0160. The van der Waals surface area contributed by atoms with Gasteiger partial charge in [-0.1, -0.05) is 30.1 Å². The van der Waals surface area contributed by atoms with Gasteiger partial charge in [0.25, 0.3) is 5.91 Å². The molecule has 3 heterocycles. The Hall–Kier alpha value is -2.70. The van der Waals surface area contributed by atoms with Crippen molar-refractivity contribution >= 4 is 34.9 Å². The monoisotopic (exact) mass is 455 g/mol. The number of aromatic nitrogens is 3. The summed E-state index contributed by atoms with van der Waals surface area (Å²) < 4.78 is 0. The number of hydrogen-bond donors (Lipinski definition) is 1. The Bertz CT molecular complexity index is 1050. The minimum atomic E-state index is -0.0626. The van der Waals surface area contributed by atoms with Gasteiger partial charge < -0.3 is 10.2 Å². The summed E-state index contributed by atoms with van der Waals surface area (Å²) in [5.41, 5.74) is 1.20. The zero-order chi connectivity index (χ0) is 21.8. The fourth-order valence-electron chi connectivity index (χ4n) is 3.98. The Balaban J connectivity index is 1.61. The van der Waals surface area contributed by atoms with Crippen LogP contribution in [0, 0.1) is 5.92 Å². The Morgan fingerprint density at radius 2 is 1.90 bits per heavy atom. The number of rotatable bonds is 5. The molecule has 2 unspecified atom stereocenters. The molecule has 31 heavy (non-hydrogen) atoms. The van der Waals surface area contributed by atoms with Crippen molar-refractivity contribution in [3.05, 3.63) is 70.6 Å². The molecule has 160 valence electrons. The number of amides is 1. The van der Waals surface area contributed by atoms with Crippen molar-refractivity contribution < 1.29 is 4.79 Å². The molecule has 3 aromatic rings. The van der Waals surface area contributed by atoms with Crippen molar-refractivity contribution in [2.24, 2.45) is 5.92 Å². The number of benzene rings is 1. The summed E-state index contributed by atoms with van der Waals surface area (Å²) >= 11 is 12.2. The Morgan fingerprint density at radius 1 is 1.13 bits per heavy atom. The summed E-state index contributed by atoms with van der Waals surface area (Å²) in [5, 5.41) is 4.45. The second-order valence-corrected chi connectivity index (χ2v) is 8.56. The zero-order valence-electron chi connectivity index (χ0n) is 17.1. The standard InChI is InChI=1S/C23H23Cl2N5O/c1-15-4-2-11-30(20(15)14-29-21-8-6-17(25)13-28-21)23(31)19-12-16(24)5-7-18(19)22-26-9-3-10-27-22/h3,5-10,12-13,15,20H,2,4,11,14H2,1H3,(H,28,29). The molecule has 0 radical (unpaired) electrons. The molecule has 1 aliphatic rings. The number of likely N-dealkylation sites (tertiary alicyclic amines) is 1. The van der Waals surface area contributed by atoms with Gasteiger partial charge in [0, 0.05) is 42.3 Å². The van der Waals surface area contributed by atoms with Crippen LogP contribution in [-0.4, -0.2) is 44.9 Å². The Kier molecular flexibility index (Phi) is 6.68. The Morgan fingerprint density at radius 3 is 2.65 bits per heavy atom. The molecular weight excluding hydrogens is 433 g/mol. The molecule has 2 atom stereocenters. The van der Waals surface area contributed by atoms with Crippen LogP contribution in [0.1, 0.15) is 30.1 Å². The van der Waals surface area contributed by atoms with Crippen LogP contribution in [0.5, 0.6) is 0 Å². The van der Waals surface area contributed by atoms with Gasteiger partial charge in [0.1, 0.15) is 5.82 Å². The minimum Gasteiger partial charge on any atom is -0.368 e. The average Bonchev–Trinajstić information content (AvgIpc) is 2.79. The van der Waals surface area contributed by atoms with Crippen LogP contribution in [0.2, 0.25) is 10.0 Å². The van der Waals surface area contributed by atoms with Gasteiger partial charge in [-0.15, -0.1) is 0 Å². The van der Waals surface area contributed by atoms with Crippen LogP contribution in [0.25, 0.3) is 11.4 Å². The maximum absolute atomic E-state index is 13.7. The smallest absolute Gasteiger partial charge is 0.254 e. The van der Waals surface area contributed by atoms with Crippen LogP contribution in [0.4, 0.5) is 5.82 Å². The van der Waals surface area contributed by atoms with E-state index in [-0.39, 0.29) is 11.9 Å². The van der Waals surface area contributed by atoms with Gasteiger partial charge in [0.2, 0.25) is 0 Å². The fraction of sp³-hybridized carbons (Fsp3) is 0.304. The fourth-order valence-corrected chi connectivity index (χ4v) is 4.27. The summed E-state index contributed by atoms with van der Waals surface area (Å²) in [4.78, 5) is 28.6. The zero-order valence-corrected chi connectivity index (χ0v) is 18.6. The van der Waals surface area contributed by atoms with Gasteiger partial charge in [0.15, 0.2) is 5.82 Å². The second-order valence-electron chi connectivity index (χ2n) is 7.69. The van der Waals surface area contributed by atoms with E-state index in [4.69, 9.17) is 23.2 Å². The number of halogens is 2. The summed E-state index contributed by atoms with van der Waals surface area (Å²) in [5.74, 6) is 1.52. The molecule has 0 spiro atoms. The summed E-state index contributed by atoms with van der Waals surface area (Å²) in [6.45, 7) is 3.46. The number of nitrogens with one attached hydrogen (secondary N) is 1. The first-order valence-electron chi connectivity index (χ1n) is 10.3. The van der Waals surface area contributed by atoms with Crippen LogP contribution in [0.3, 0.4) is 0 Å². The number of nitrogens with zero attached hydrogens (tertiary/aromatic N) is 4. The van der Waals surface area contributed by atoms with E-state index in [1.165, 1.54) is 0 Å². The summed E-state index contributed by atoms with van der Waals surface area (Å²) in [6, 6.07) is 10.7. The highest BCUT2D eigenvalue weighted by Gasteiger charge is 2.33. The number of piperidine rings is 1. The molecule has 4 rings (SSSR count). The van der Waals surface area contributed by atoms with E-state index in [1.54, 1.807) is 42.9 Å². The van der Waals surface area contributed by atoms with Gasteiger partial charge in [-0.3, -0.25) is 4.79 Å². The first kappa shape index (κ1) is 21.5. The van der Waals surface area contributed by atoms with Crippen molar-refractivity contribution in [1.82, 2.24) is 19.9 Å². The molecule has 0 saturated carbocycles. The predicted octanol–water partition coefficient (Wildman–Crippen LogP) is 5.20. The second kappa shape index (κ2) is 9.62. The van der Waals surface area contributed by atoms with Crippen molar-refractivity contribution in [1.29, 1.82) is 0 Å². The van der Waals surface area contributed by atoms with Crippen molar-refractivity contribution in [3.63, 3.8) is 0 Å². The van der Waals surface area contributed by atoms with Crippen molar-refractivity contribution in [2.75, 3.05) is 18.4 Å². The number of carbonyl (C=O) groups excluding carboxylic acids is 1. The highest BCUT2D eigenvalue weighted by Crippen LogP contribution is 2.30. The number of carbonyl (C=O) groups is 1. The first-order chi connectivity index (χ1) is 15.0. The van der Waals surface area contributed by atoms with Crippen LogP contribution in [0.15, 0.2) is 55.0 Å². The van der Waals surface area contributed by atoms with E-state index in [2.05, 4.69) is 27.2 Å². The number of pyridine rings is 1. The van der Waals surface area contributed by atoms with E-state index in [9.17, 15) is 4.79 Å². The molecule has 0 bridgehead atoms. The molecule has 1 N–H and O–H groups in total. The molecule has 1 fully saturated rings. The molecule has 1 aliphatic heterocycles. The van der Waals surface area contributed by atoms with Gasteiger partial charge in [0.05, 0.1) is 16.6 Å². The lowest BCUT2D eigenvalue weighted by atomic mass is 9.89. The molecule has 6 nitrogen and oxygen atoms in total. The van der Waals surface area contributed by atoms with E-state index < -0.39 is 0 Å². The van der Waals surface area contributed by atoms with Gasteiger partial charge >= 0.3 is 0 Å². The van der Waals surface area contributed by atoms with E-state index in [0.29, 0.717) is 46.0 Å². The number of anilines is 1. The molecular formula is C23H23Cl2N5O. The van der Waals surface area contributed by atoms with E-state index in [1.807, 2.05) is 17.0 Å². The molecule has 2 aromatic heterocycles. The SMILES string of the molecule is CC1CCCN(C(=O)c2cc(Cl)ccc2-c2ncccn2)C1CNc1ccc(Cl)cn1. The van der Waals surface area contributed by atoms with Crippen molar-refractivity contribution in [3.8, 4) is 11.4 Å². The lowest BCUT2D eigenvalue weighted by Gasteiger charge is -2.40. The maximum atomic E-state index is 13.7. The average molecular weight is 456 g/mol. The molecule has 1 aromatic carbocycles. The highest BCUT2D eigenvalue weighted by atomic mass is 35.5. The van der Waals surface area contributed by atoms with Gasteiger partial charge in [-0.05, 0) is 55.2 Å². The van der Waals surface area contributed by atoms with Crippen LogP contribution >= 0.6 is 23.2 Å². The lowest BCUT2D eigenvalue weighted by Crippen LogP contribution is -2.51. The van der Waals surface area contributed by atoms with Crippen LogP contribution in [-0.2, 0) is 0 Å². The first-order valence-corrected chi connectivity index (χ1v) is 11.0. The van der Waals surface area contributed by atoms with Crippen LogP contribution < -0.4 is 5.32 Å². The Labute approximate surface area is 191 Å². The largest absolute Gasteiger partial charge is 0.368 e. The van der Waals surface area contributed by atoms with E-state index in [0.717, 1.165) is 18.7 Å². The summed E-state index contributed by atoms with van der Waals surface area (Å²) in [7, 11) is 0. The molecule has 0 aliphatic carbocycles. The molecule has 1 amide bonds. The van der Waals surface area contributed by atoms with Gasteiger partial charge in [-0.25, -0.2) is 15.0 Å². The van der Waals surface area contributed by atoms with Gasteiger partial charge in [-0.2, -0.15) is 0 Å². The lowest BCUT2D eigenvalue weighted by molar-refractivity contribution is 0.0540.